The van der Waals surface area contributed by atoms with Crippen molar-refractivity contribution < 1.29 is 4.74 Å². The van der Waals surface area contributed by atoms with E-state index >= 15 is 0 Å². The maximum Gasteiger partial charge on any atom is 0.222 e. The van der Waals surface area contributed by atoms with Crippen LogP contribution in [0.1, 0.15) is 18.2 Å². The number of benzene rings is 2. The SMILES string of the molecule is CCc1ccc(-c2cc(Nc3ccc(Oc4ccnc(C)c4)cc3)nc(N)n2)cc1. The van der Waals surface area contributed by atoms with E-state index in [1.165, 1.54) is 5.56 Å². The molecule has 0 saturated heterocycles. The highest BCUT2D eigenvalue weighted by Gasteiger charge is 2.06. The maximum atomic E-state index is 5.94. The number of rotatable bonds is 6. The first kappa shape index (κ1) is 19.4. The highest BCUT2D eigenvalue weighted by molar-refractivity contribution is 5.67. The summed E-state index contributed by atoms with van der Waals surface area (Å²) in [6, 6.07) is 21.6. The number of hydrogen-bond acceptors (Lipinski definition) is 6. The molecule has 30 heavy (non-hydrogen) atoms. The third-order valence-corrected chi connectivity index (χ3v) is 4.63. The van der Waals surface area contributed by atoms with Gasteiger partial charge in [0.15, 0.2) is 0 Å². The second kappa shape index (κ2) is 8.61. The average molecular weight is 397 g/mol. The van der Waals surface area contributed by atoms with Gasteiger partial charge in [0.2, 0.25) is 5.95 Å². The number of pyridine rings is 1. The first-order valence-corrected chi connectivity index (χ1v) is 9.80. The van der Waals surface area contributed by atoms with Crippen LogP contribution in [0.4, 0.5) is 17.5 Å². The third-order valence-electron chi connectivity index (χ3n) is 4.63. The molecule has 4 rings (SSSR count). The Labute approximate surface area is 175 Å². The highest BCUT2D eigenvalue weighted by Crippen LogP contribution is 2.26. The van der Waals surface area contributed by atoms with E-state index in [2.05, 4.69) is 51.5 Å². The van der Waals surface area contributed by atoms with E-state index in [0.29, 0.717) is 5.82 Å². The summed E-state index contributed by atoms with van der Waals surface area (Å²) in [7, 11) is 0. The van der Waals surface area contributed by atoms with Crippen LogP contribution in [0, 0.1) is 6.92 Å². The summed E-state index contributed by atoms with van der Waals surface area (Å²) in [5.74, 6) is 2.36. The molecule has 0 amide bonds. The van der Waals surface area contributed by atoms with Crippen LogP contribution in [0.2, 0.25) is 0 Å². The molecule has 3 N–H and O–H groups in total. The van der Waals surface area contributed by atoms with Crippen molar-refractivity contribution in [2.24, 2.45) is 0 Å². The fraction of sp³-hybridized carbons (Fsp3) is 0.125. The van der Waals surface area contributed by atoms with E-state index in [1.807, 2.05) is 49.4 Å². The number of ether oxygens (including phenoxy) is 1. The normalized spacial score (nSPS) is 10.6. The second-order valence-electron chi connectivity index (χ2n) is 6.93. The minimum atomic E-state index is 0.225. The molecule has 2 aromatic heterocycles. The molecule has 0 aliphatic carbocycles. The molecule has 2 aromatic carbocycles. The molecule has 6 heteroatoms. The number of nitrogens with two attached hydrogens (primary N) is 1. The van der Waals surface area contributed by atoms with Crippen LogP contribution in [0.15, 0.2) is 72.9 Å². The molecule has 2 heterocycles. The lowest BCUT2D eigenvalue weighted by molar-refractivity contribution is 0.481. The summed E-state index contributed by atoms with van der Waals surface area (Å²) in [6.45, 7) is 4.06. The number of nitrogen functional groups attached to an aromatic ring is 1. The molecule has 0 radical (unpaired) electrons. The molecular weight excluding hydrogens is 374 g/mol. The van der Waals surface area contributed by atoms with Gasteiger partial charge in [0.05, 0.1) is 5.69 Å². The van der Waals surface area contributed by atoms with Crippen LogP contribution in [-0.4, -0.2) is 15.0 Å². The highest BCUT2D eigenvalue weighted by atomic mass is 16.5. The number of hydrogen-bond donors (Lipinski definition) is 2. The molecule has 150 valence electrons. The Hall–Kier alpha value is -3.93. The zero-order valence-electron chi connectivity index (χ0n) is 17.0. The van der Waals surface area contributed by atoms with Crippen molar-refractivity contribution in [1.29, 1.82) is 0 Å². The minimum Gasteiger partial charge on any atom is -0.457 e. The van der Waals surface area contributed by atoms with Gasteiger partial charge in [-0.1, -0.05) is 31.2 Å². The average Bonchev–Trinajstić information content (AvgIpc) is 2.75. The van der Waals surface area contributed by atoms with Gasteiger partial charge in [-0.2, -0.15) is 4.98 Å². The van der Waals surface area contributed by atoms with E-state index in [9.17, 15) is 0 Å². The van der Waals surface area contributed by atoms with Crippen LogP contribution in [-0.2, 0) is 6.42 Å². The summed E-state index contributed by atoms with van der Waals surface area (Å²) in [4.78, 5) is 12.9. The summed E-state index contributed by atoms with van der Waals surface area (Å²) in [6.07, 6.45) is 2.73. The van der Waals surface area contributed by atoms with Crippen LogP contribution < -0.4 is 15.8 Å². The van der Waals surface area contributed by atoms with Gasteiger partial charge in [0.25, 0.3) is 0 Å². The van der Waals surface area contributed by atoms with Crippen molar-refractivity contribution in [3.8, 4) is 22.8 Å². The Bertz CT molecular complexity index is 1140. The van der Waals surface area contributed by atoms with Crippen LogP contribution in [0.5, 0.6) is 11.5 Å². The van der Waals surface area contributed by atoms with Gasteiger partial charge in [-0.05, 0) is 49.2 Å². The lowest BCUT2D eigenvalue weighted by Gasteiger charge is -2.10. The van der Waals surface area contributed by atoms with Crippen molar-refractivity contribution >= 4 is 17.5 Å². The molecule has 0 atom stereocenters. The number of aromatic nitrogens is 3. The molecule has 4 aromatic rings. The van der Waals surface area contributed by atoms with Crippen molar-refractivity contribution in [3.63, 3.8) is 0 Å². The third kappa shape index (κ3) is 4.72. The van der Waals surface area contributed by atoms with Gasteiger partial charge >= 0.3 is 0 Å². The fourth-order valence-corrected chi connectivity index (χ4v) is 3.06. The summed E-state index contributed by atoms with van der Waals surface area (Å²) in [5.41, 5.74) is 10.8. The number of nitrogens with zero attached hydrogens (tertiary/aromatic N) is 3. The molecule has 0 unspecified atom stereocenters. The Morgan fingerprint density at radius 3 is 2.37 bits per heavy atom. The fourth-order valence-electron chi connectivity index (χ4n) is 3.06. The first-order valence-electron chi connectivity index (χ1n) is 9.80. The van der Waals surface area contributed by atoms with E-state index < -0.39 is 0 Å². The van der Waals surface area contributed by atoms with E-state index in [1.54, 1.807) is 6.20 Å². The molecule has 0 bridgehead atoms. The Kier molecular flexibility index (Phi) is 5.57. The summed E-state index contributed by atoms with van der Waals surface area (Å²) >= 11 is 0. The van der Waals surface area contributed by atoms with Gasteiger partial charge < -0.3 is 15.8 Å². The van der Waals surface area contributed by atoms with Gasteiger partial charge in [-0.25, -0.2) is 4.98 Å². The minimum absolute atomic E-state index is 0.225. The molecule has 0 aliphatic heterocycles. The molecule has 0 spiro atoms. The molecule has 0 saturated carbocycles. The van der Waals surface area contributed by atoms with Crippen LogP contribution in [0.25, 0.3) is 11.3 Å². The maximum absolute atomic E-state index is 5.94. The van der Waals surface area contributed by atoms with Crippen molar-refractivity contribution in [2.75, 3.05) is 11.1 Å². The zero-order chi connectivity index (χ0) is 20.9. The van der Waals surface area contributed by atoms with Crippen molar-refractivity contribution in [2.45, 2.75) is 20.3 Å². The van der Waals surface area contributed by atoms with Crippen LogP contribution in [0.3, 0.4) is 0 Å². The van der Waals surface area contributed by atoms with Crippen molar-refractivity contribution in [1.82, 2.24) is 15.0 Å². The molecule has 0 fully saturated rings. The van der Waals surface area contributed by atoms with E-state index in [-0.39, 0.29) is 5.95 Å². The first-order chi connectivity index (χ1) is 14.6. The number of anilines is 3. The van der Waals surface area contributed by atoms with Gasteiger partial charge in [0, 0.05) is 35.3 Å². The molecule has 0 aliphatic rings. The number of nitrogens with one attached hydrogen (secondary N) is 1. The number of aryl methyl sites for hydroxylation is 2. The monoisotopic (exact) mass is 397 g/mol. The van der Waals surface area contributed by atoms with Gasteiger partial charge in [0.1, 0.15) is 17.3 Å². The second-order valence-corrected chi connectivity index (χ2v) is 6.93. The standard InChI is InChI=1S/C24H23N5O/c1-3-17-4-6-18(7-5-17)22-15-23(29-24(25)28-22)27-19-8-10-20(11-9-19)30-21-12-13-26-16(2)14-21/h4-15H,3H2,1-2H3,(H3,25,27,28,29). The predicted molar refractivity (Wildman–Crippen MR) is 120 cm³/mol. The van der Waals surface area contributed by atoms with Gasteiger partial charge in [-0.3, -0.25) is 4.98 Å². The molecular formula is C24H23N5O. The Morgan fingerprint density at radius 2 is 1.67 bits per heavy atom. The van der Waals surface area contributed by atoms with Crippen LogP contribution >= 0.6 is 0 Å². The summed E-state index contributed by atoms with van der Waals surface area (Å²) in [5, 5.41) is 3.28. The quantitative estimate of drug-likeness (QED) is 0.445. The Morgan fingerprint density at radius 1 is 0.900 bits per heavy atom. The lowest BCUT2D eigenvalue weighted by atomic mass is 10.1. The molecule has 6 nitrogen and oxygen atoms in total. The van der Waals surface area contributed by atoms with E-state index in [4.69, 9.17) is 10.5 Å². The summed E-state index contributed by atoms with van der Waals surface area (Å²) < 4.78 is 5.87. The van der Waals surface area contributed by atoms with E-state index in [0.717, 1.165) is 40.6 Å². The Balaban J connectivity index is 1.50. The topological polar surface area (TPSA) is 86.0 Å². The van der Waals surface area contributed by atoms with Crippen molar-refractivity contribution in [3.05, 3.63) is 84.2 Å². The lowest BCUT2D eigenvalue weighted by Crippen LogP contribution is -2.01. The largest absolute Gasteiger partial charge is 0.457 e. The predicted octanol–water partition coefficient (Wildman–Crippen LogP) is 5.53. The van der Waals surface area contributed by atoms with Gasteiger partial charge in [-0.15, -0.1) is 0 Å². The smallest absolute Gasteiger partial charge is 0.222 e. The zero-order valence-corrected chi connectivity index (χ0v) is 17.0.